The average Bonchev–Trinajstić information content (AvgIpc) is 2.90. The Morgan fingerprint density at radius 2 is 2.05 bits per heavy atom. The van der Waals surface area contributed by atoms with E-state index in [0.29, 0.717) is 5.75 Å². The van der Waals surface area contributed by atoms with Crippen molar-refractivity contribution in [1.29, 1.82) is 0 Å². The maximum atomic E-state index is 11.8. The average molecular weight is 277 g/mol. The van der Waals surface area contributed by atoms with Crippen LogP contribution >= 0.6 is 0 Å². The summed E-state index contributed by atoms with van der Waals surface area (Å²) in [5.41, 5.74) is 2.63. The zero-order valence-electron chi connectivity index (χ0n) is 11.8. The smallest absolute Gasteiger partial charge is 0.326 e. The van der Waals surface area contributed by atoms with Gasteiger partial charge in [0.1, 0.15) is 11.8 Å². The number of fused-ring (bicyclic) bond motifs is 1. The lowest BCUT2D eigenvalue weighted by Gasteiger charge is -2.21. The minimum absolute atomic E-state index is 0.146. The first-order valence-electron chi connectivity index (χ1n) is 6.72. The molecule has 1 aliphatic carbocycles. The number of carbonyl (C=O) groups is 2. The van der Waals surface area contributed by atoms with Crippen molar-refractivity contribution in [3.63, 3.8) is 0 Å². The lowest BCUT2D eigenvalue weighted by Crippen LogP contribution is -2.42. The van der Waals surface area contributed by atoms with Gasteiger partial charge in [-0.05, 0) is 49.4 Å². The van der Waals surface area contributed by atoms with Crippen LogP contribution in [0.3, 0.4) is 0 Å². The number of likely N-dealkylation sites (N-methyl/N-ethyl adjacent to an activating group) is 1. The van der Waals surface area contributed by atoms with Crippen molar-refractivity contribution < 1.29 is 19.4 Å². The Bertz CT molecular complexity index is 527. The van der Waals surface area contributed by atoms with Gasteiger partial charge in [-0.2, -0.15) is 0 Å². The zero-order chi connectivity index (χ0) is 14.7. The molecule has 1 unspecified atom stereocenters. The molecule has 0 fully saturated rings. The number of carboxylic acids is 1. The van der Waals surface area contributed by atoms with Crippen molar-refractivity contribution >= 4 is 11.9 Å². The topological polar surface area (TPSA) is 66.8 Å². The molecule has 5 heteroatoms. The Hall–Kier alpha value is -2.04. The van der Waals surface area contributed by atoms with Crippen LogP contribution in [-0.2, 0) is 22.4 Å². The monoisotopic (exact) mass is 277 g/mol. The molecule has 5 nitrogen and oxygen atoms in total. The SMILES string of the molecule is CC(C(=O)O)N(C)C(=O)COc1ccc2c(c1)CCC2. The van der Waals surface area contributed by atoms with E-state index in [1.807, 2.05) is 18.2 Å². The van der Waals surface area contributed by atoms with Crippen LogP contribution in [0.2, 0.25) is 0 Å². The number of carboxylic acid groups (broad SMARTS) is 1. The highest BCUT2D eigenvalue weighted by molar-refractivity contribution is 5.84. The van der Waals surface area contributed by atoms with E-state index in [0.717, 1.165) is 19.3 Å². The van der Waals surface area contributed by atoms with Crippen LogP contribution in [0.25, 0.3) is 0 Å². The van der Waals surface area contributed by atoms with E-state index in [2.05, 4.69) is 0 Å². The van der Waals surface area contributed by atoms with Crippen molar-refractivity contribution in [3.8, 4) is 5.75 Å². The van der Waals surface area contributed by atoms with Gasteiger partial charge in [0, 0.05) is 7.05 Å². The molecule has 20 heavy (non-hydrogen) atoms. The van der Waals surface area contributed by atoms with Crippen LogP contribution in [0.4, 0.5) is 0 Å². The van der Waals surface area contributed by atoms with Gasteiger partial charge in [0.05, 0.1) is 0 Å². The molecular weight excluding hydrogens is 258 g/mol. The Labute approximate surface area is 118 Å². The molecule has 1 atom stereocenters. The third-order valence-electron chi connectivity index (χ3n) is 3.76. The predicted octanol–water partition coefficient (Wildman–Crippen LogP) is 1.49. The molecule has 1 aliphatic rings. The zero-order valence-corrected chi connectivity index (χ0v) is 11.8. The maximum Gasteiger partial charge on any atom is 0.326 e. The van der Waals surface area contributed by atoms with E-state index in [1.165, 1.54) is 30.0 Å². The number of benzene rings is 1. The summed E-state index contributed by atoms with van der Waals surface area (Å²) in [6.45, 7) is 1.32. The van der Waals surface area contributed by atoms with E-state index in [-0.39, 0.29) is 12.5 Å². The lowest BCUT2D eigenvalue weighted by atomic mass is 10.1. The van der Waals surface area contributed by atoms with Crippen LogP contribution in [-0.4, -0.2) is 41.6 Å². The molecular formula is C15H19NO4. The van der Waals surface area contributed by atoms with E-state index in [4.69, 9.17) is 9.84 Å². The molecule has 1 N–H and O–H groups in total. The molecule has 1 aromatic carbocycles. The Morgan fingerprint density at radius 1 is 1.35 bits per heavy atom. The molecule has 108 valence electrons. The maximum absolute atomic E-state index is 11.8. The van der Waals surface area contributed by atoms with Gasteiger partial charge in [-0.15, -0.1) is 0 Å². The van der Waals surface area contributed by atoms with Gasteiger partial charge in [-0.1, -0.05) is 6.07 Å². The molecule has 1 amide bonds. The lowest BCUT2D eigenvalue weighted by molar-refractivity contribution is -0.148. The molecule has 1 aromatic rings. The van der Waals surface area contributed by atoms with Crippen molar-refractivity contribution in [2.24, 2.45) is 0 Å². The quantitative estimate of drug-likeness (QED) is 0.885. The van der Waals surface area contributed by atoms with Gasteiger partial charge in [0.2, 0.25) is 0 Å². The fourth-order valence-corrected chi connectivity index (χ4v) is 2.27. The summed E-state index contributed by atoms with van der Waals surface area (Å²) >= 11 is 0. The summed E-state index contributed by atoms with van der Waals surface area (Å²) < 4.78 is 5.46. The molecule has 0 heterocycles. The van der Waals surface area contributed by atoms with E-state index in [9.17, 15) is 9.59 Å². The molecule has 0 bridgehead atoms. The second-order valence-electron chi connectivity index (χ2n) is 5.09. The van der Waals surface area contributed by atoms with Gasteiger partial charge in [0.15, 0.2) is 6.61 Å². The van der Waals surface area contributed by atoms with E-state index < -0.39 is 12.0 Å². The van der Waals surface area contributed by atoms with Gasteiger partial charge in [-0.25, -0.2) is 4.79 Å². The summed E-state index contributed by atoms with van der Waals surface area (Å²) in [5.74, 6) is -0.714. The standard InChI is InChI=1S/C15H19NO4/c1-10(15(18)19)16(2)14(17)9-20-13-7-6-11-4-3-5-12(11)8-13/h6-8,10H,3-5,9H2,1-2H3,(H,18,19). The number of aryl methyl sites for hydroxylation is 2. The number of nitrogens with zero attached hydrogens (tertiary/aromatic N) is 1. The highest BCUT2D eigenvalue weighted by Crippen LogP contribution is 2.25. The van der Waals surface area contributed by atoms with Crippen molar-refractivity contribution in [2.45, 2.75) is 32.2 Å². The summed E-state index contributed by atoms with van der Waals surface area (Å²) in [4.78, 5) is 23.8. The Kier molecular flexibility index (Phi) is 4.27. The highest BCUT2D eigenvalue weighted by atomic mass is 16.5. The number of rotatable bonds is 5. The number of carbonyl (C=O) groups excluding carboxylic acids is 1. The third-order valence-corrected chi connectivity index (χ3v) is 3.76. The molecule has 0 saturated heterocycles. The van der Waals surface area contributed by atoms with Crippen LogP contribution < -0.4 is 4.74 Å². The fraction of sp³-hybridized carbons (Fsp3) is 0.467. The highest BCUT2D eigenvalue weighted by Gasteiger charge is 2.22. The normalized spacial score (nSPS) is 14.5. The minimum atomic E-state index is -1.03. The third kappa shape index (κ3) is 3.10. The Balaban J connectivity index is 1.92. The second-order valence-corrected chi connectivity index (χ2v) is 5.09. The number of hydrogen-bond acceptors (Lipinski definition) is 3. The van der Waals surface area contributed by atoms with Gasteiger partial charge in [-0.3, -0.25) is 4.79 Å². The Morgan fingerprint density at radius 3 is 2.75 bits per heavy atom. The van der Waals surface area contributed by atoms with Gasteiger partial charge < -0.3 is 14.7 Å². The summed E-state index contributed by atoms with van der Waals surface area (Å²) in [5, 5.41) is 8.86. The van der Waals surface area contributed by atoms with Crippen LogP contribution in [0.1, 0.15) is 24.5 Å². The van der Waals surface area contributed by atoms with E-state index >= 15 is 0 Å². The number of amides is 1. The van der Waals surface area contributed by atoms with E-state index in [1.54, 1.807) is 0 Å². The largest absolute Gasteiger partial charge is 0.484 e. The first-order chi connectivity index (χ1) is 9.49. The fourth-order valence-electron chi connectivity index (χ4n) is 2.27. The molecule has 0 spiro atoms. The first-order valence-corrected chi connectivity index (χ1v) is 6.72. The minimum Gasteiger partial charge on any atom is -0.484 e. The van der Waals surface area contributed by atoms with Crippen LogP contribution in [0.15, 0.2) is 18.2 Å². The van der Waals surface area contributed by atoms with Crippen molar-refractivity contribution in [1.82, 2.24) is 4.90 Å². The second kappa shape index (κ2) is 5.94. The predicted molar refractivity (Wildman–Crippen MR) is 73.8 cm³/mol. The van der Waals surface area contributed by atoms with Crippen LogP contribution in [0, 0.1) is 0 Å². The van der Waals surface area contributed by atoms with Crippen molar-refractivity contribution in [2.75, 3.05) is 13.7 Å². The number of ether oxygens (including phenoxy) is 1. The number of aliphatic carboxylic acids is 1. The summed E-state index contributed by atoms with van der Waals surface area (Å²) in [6.07, 6.45) is 3.32. The van der Waals surface area contributed by atoms with Gasteiger partial charge >= 0.3 is 5.97 Å². The van der Waals surface area contributed by atoms with Crippen LogP contribution in [0.5, 0.6) is 5.75 Å². The van der Waals surface area contributed by atoms with Gasteiger partial charge in [0.25, 0.3) is 5.91 Å². The molecule has 2 rings (SSSR count). The number of hydrogen-bond donors (Lipinski definition) is 1. The molecule has 0 saturated carbocycles. The summed E-state index contributed by atoms with van der Waals surface area (Å²) in [6, 6.07) is 5.01. The molecule has 0 radical (unpaired) electrons. The molecule has 0 aromatic heterocycles. The molecule has 0 aliphatic heterocycles. The van der Waals surface area contributed by atoms with Crippen molar-refractivity contribution in [3.05, 3.63) is 29.3 Å². The first kappa shape index (κ1) is 14.4. The summed E-state index contributed by atoms with van der Waals surface area (Å²) in [7, 11) is 1.47.